The van der Waals surface area contributed by atoms with Gasteiger partial charge in [0.1, 0.15) is 0 Å². The molecular weight excluding hydrogens is 721 g/mol. The summed E-state index contributed by atoms with van der Waals surface area (Å²) in [6, 6.07) is 9.30. The van der Waals surface area contributed by atoms with Crippen LogP contribution in [0.3, 0.4) is 0 Å². The van der Waals surface area contributed by atoms with Gasteiger partial charge in [0.15, 0.2) is 0 Å². The highest BCUT2D eigenvalue weighted by Gasteiger charge is 2.23. The van der Waals surface area contributed by atoms with Gasteiger partial charge in [-0.05, 0) is 90.5 Å². The van der Waals surface area contributed by atoms with E-state index in [-0.39, 0.29) is 0 Å². The summed E-state index contributed by atoms with van der Waals surface area (Å²) in [7, 11) is 0. The maximum Gasteiger partial charge on any atom is 0.0587 e. The molecule has 0 nitrogen and oxygen atoms in total. The van der Waals surface area contributed by atoms with Crippen LogP contribution in [0.5, 0.6) is 0 Å². The zero-order valence-electron chi connectivity index (χ0n) is 20.1. The highest BCUT2D eigenvalue weighted by molar-refractivity contribution is 8.29. The van der Waals surface area contributed by atoms with Crippen molar-refractivity contribution < 1.29 is 0 Å². The van der Waals surface area contributed by atoms with E-state index in [0.29, 0.717) is 0 Å². The third-order valence-electron chi connectivity index (χ3n) is 5.47. The van der Waals surface area contributed by atoms with Crippen molar-refractivity contribution in [2.75, 3.05) is 0 Å². The standard InChI is InChI=1S/C28H16S12/c1-3-21(39-19(1)17(26-33-9-10-34-26)15-23-29-5-6-30-23)25(28-37-13-14-38-28)22-4-2-20(40-22)18(27-35-11-12-36-27)16-24-31-7-8-32-24/h1-16H. The molecule has 0 aromatic carbocycles. The van der Waals surface area contributed by atoms with Crippen LogP contribution in [0.4, 0.5) is 0 Å². The van der Waals surface area contributed by atoms with E-state index >= 15 is 0 Å². The lowest BCUT2D eigenvalue weighted by Gasteiger charge is -2.09. The summed E-state index contributed by atoms with van der Waals surface area (Å²) in [5.74, 6) is 0. The Morgan fingerprint density at radius 2 is 0.700 bits per heavy atom. The molecule has 40 heavy (non-hydrogen) atoms. The first-order chi connectivity index (χ1) is 19.8. The average molecular weight is 737 g/mol. The lowest BCUT2D eigenvalue weighted by molar-refractivity contribution is 1.78. The molecule has 0 atom stereocenters. The van der Waals surface area contributed by atoms with Gasteiger partial charge in [-0.2, -0.15) is 0 Å². The van der Waals surface area contributed by atoms with Gasteiger partial charge in [-0.25, -0.2) is 0 Å². The minimum Gasteiger partial charge on any atom is -0.135 e. The third-order valence-corrected chi connectivity index (χ3v) is 18.2. The molecule has 0 saturated heterocycles. The van der Waals surface area contributed by atoms with Crippen molar-refractivity contribution in [1.29, 1.82) is 0 Å². The molecule has 7 heterocycles. The van der Waals surface area contributed by atoms with Crippen LogP contribution in [-0.2, 0) is 0 Å². The molecule has 2 aromatic heterocycles. The first-order valence-electron chi connectivity index (χ1n) is 11.6. The topological polar surface area (TPSA) is 0 Å². The van der Waals surface area contributed by atoms with Gasteiger partial charge in [0.05, 0.1) is 12.7 Å². The molecule has 0 radical (unpaired) electrons. The number of rotatable bonds is 6. The van der Waals surface area contributed by atoms with E-state index in [1.165, 1.54) is 57.4 Å². The Balaban J connectivity index is 1.27. The largest absolute Gasteiger partial charge is 0.135 e. The molecule has 0 aliphatic carbocycles. The summed E-state index contributed by atoms with van der Waals surface area (Å²) in [5.41, 5.74) is 4.02. The van der Waals surface area contributed by atoms with Crippen LogP contribution in [0.2, 0.25) is 0 Å². The average Bonchev–Trinajstić information content (AvgIpc) is 3.84. The predicted molar refractivity (Wildman–Crippen MR) is 206 cm³/mol. The van der Waals surface area contributed by atoms with Gasteiger partial charge in [-0.15, -0.1) is 22.7 Å². The van der Waals surface area contributed by atoms with E-state index in [2.05, 4.69) is 90.5 Å². The number of thioether (sulfide) groups is 10. The van der Waals surface area contributed by atoms with E-state index in [9.17, 15) is 0 Å². The van der Waals surface area contributed by atoms with Crippen molar-refractivity contribution in [3.05, 3.63) is 131 Å². The van der Waals surface area contributed by atoms with Gasteiger partial charge in [0.2, 0.25) is 0 Å². The zero-order valence-corrected chi connectivity index (χ0v) is 29.9. The van der Waals surface area contributed by atoms with Gasteiger partial charge in [0, 0.05) is 44.7 Å². The van der Waals surface area contributed by atoms with Crippen LogP contribution in [0, 0.1) is 0 Å². The van der Waals surface area contributed by atoms with Crippen molar-refractivity contribution >= 4 is 157 Å². The molecule has 0 unspecified atom stereocenters. The van der Waals surface area contributed by atoms with E-state index in [1.807, 2.05) is 140 Å². The highest BCUT2D eigenvalue weighted by atomic mass is 32.2. The second-order valence-electron chi connectivity index (χ2n) is 7.86. The van der Waals surface area contributed by atoms with Crippen molar-refractivity contribution in [2.45, 2.75) is 0 Å². The second kappa shape index (κ2) is 13.9. The van der Waals surface area contributed by atoms with Crippen molar-refractivity contribution in [2.24, 2.45) is 0 Å². The Labute approximate surface area is 284 Å². The number of thiophene rings is 2. The zero-order chi connectivity index (χ0) is 26.7. The molecule has 2 aromatic rings. The summed E-state index contributed by atoms with van der Waals surface area (Å²) in [6.45, 7) is 0. The summed E-state index contributed by atoms with van der Waals surface area (Å²) >= 11 is 22.1. The van der Waals surface area contributed by atoms with E-state index in [4.69, 9.17) is 0 Å². The Bertz CT molecular complexity index is 1490. The second-order valence-corrected chi connectivity index (χ2v) is 20.6. The van der Waals surface area contributed by atoms with Crippen LogP contribution < -0.4 is 0 Å². The monoisotopic (exact) mass is 736 g/mol. The van der Waals surface area contributed by atoms with Gasteiger partial charge >= 0.3 is 0 Å². The molecule has 0 bridgehead atoms. The molecule has 5 aliphatic heterocycles. The van der Waals surface area contributed by atoms with Crippen LogP contribution in [0.25, 0.3) is 16.7 Å². The lowest BCUT2D eigenvalue weighted by atomic mass is 10.2. The summed E-state index contributed by atoms with van der Waals surface area (Å²) in [4.78, 5) is 5.30. The van der Waals surface area contributed by atoms with Crippen molar-refractivity contribution in [3.63, 3.8) is 0 Å². The fourth-order valence-electron chi connectivity index (χ4n) is 3.82. The first-order valence-corrected chi connectivity index (χ1v) is 22.0. The lowest BCUT2D eigenvalue weighted by Crippen LogP contribution is -1.83. The van der Waals surface area contributed by atoms with E-state index in [1.54, 1.807) is 0 Å². The fraction of sp³-hybridized carbons (Fsp3) is 0. The quantitative estimate of drug-likeness (QED) is 0.280. The summed E-state index contributed by atoms with van der Waals surface area (Å²) in [5, 5.41) is 21.8. The molecule has 7 rings (SSSR count). The molecule has 12 heteroatoms. The number of hydrogen-bond donors (Lipinski definition) is 0. The van der Waals surface area contributed by atoms with Crippen LogP contribution in [0.1, 0.15) is 19.5 Å². The normalized spacial score (nSPS) is 19.2. The summed E-state index contributed by atoms with van der Waals surface area (Å²) in [6.07, 6.45) is 4.74. The van der Waals surface area contributed by atoms with E-state index in [0.717, 1.165) is 0 Å². The Hall–Kier alpha value is 0.300. The molecule has 0 amide bonds. The van der Waals surface area contributed by atoms with Gasteiger partial charge in [0.25, 0.3) is 0 Å². The maximum absolute atomic E-state index is 2.37. The van der Waals surface area contributed by atoms with E-state index < -0.39 is 0 Å². The first kappa shape index (κ1) is 29.0. The van der Waals surface area contributed by atoms with Crippen LogP contribution in [-0.4, -0.2) is 0 Å². The fourth-order valence-corrected chi connectivity index (χ4v) is 15.5. The van der Waals surface area contributed by atoms with Gasteiger partial charge < -0.3 is 0 Å². The third kappa shape index (κ3) is 6.68. The SMILES string of the molecule is C1=CSC(=CC(=C2SC=CS2)c2ccc(C(=C3SC=CS3)c3ccc(C(C=C4SC=CS4)=C4SC=CS4)s3)s2)S1. The molecule has 0 N–H and O–H groups in total. The molecule has 0 fully saturated rings. The molecule has 0 saturated carbocycles. The molecule has 200 valence electrons. The van der Waals surface area contributed by atoms with Crippen LogP contribution >= 0.6 is 140 Å². The Kier molecular flexibility index (Phi) is 10.1. The van der Waals surface area contributed by atoms with Gasteiger partial charge in [-0.1, -0.05) is 118 Å². The Morgan fingerprint density at radius 1 is 0.375 bits per heavy atom. The van der Waals surface area contributed by atoms with Crippen LogP contribution in [0.15, 0.2) is 112 Å². The summed E-state index contributed by atoms with van der Waals surface area (Å²) < 4.78 is 6.73. The van der Waals surface area contributed by atoms with Crippen molar-refractivity contribution in [1.82, 2.24) is 0 Å². The smallest absolute Gasteiger partial charge is 0.0587 e. The maximum atomic E-state index is 2.37. The predicted octanol–water partition coefficient (Wildman–Crippen LogP) is 14.3. The number of allylic oxidation sites excluding steroid dienone is 4. The van der Waals surface area contributed by atoms with Gasteiger partial charge in [-0.3, -0.25) is 0 Å². The Morgan fingerprint density at radius 3 is 1.10 bits per heavy atom. The highest BCUT2D eigenvalue weighted by Crippen LogP contribution is 2.53. The number of hydrogen-bond acceptors (Lipinski definition) is 12. The minimum atomic E-state index is 1.32. The van der Waals surface area contributed by atoms with Crippen molar-refractivity contribution in [3.8, 4) is 0 Å². The molecule has 5 aliphatic rings. The molecular formula is C28H16S12. The molecule has 0 spiro atoms. The minimum absolute atomic E-state index is 1.32.